The van der Waals surface area contributed by atoms with E-state index in [4.69, 9.17) is 9.79 Å². The normalized spacial score (nSPS) is 13.8. The summed E-state index contributed by atoms with van der Waals surface area (Å²) in [6, 6.07) is 0. The molecule has 0 aromatic carbocycles. The maximum absolute atomic E-state index is 11.0. The van der Waals surface area contributed by atoms with E-state index in [-0.39, 0.29) is 12.5 Å². The molecule has 0 bridgehead atoms. The zero-order valence-electron chi connectivity index (χ0n) is 7.77. The van der Waals surface area contributed by atoms with Gasteiger partial charge in [-0.05, 0) is 6.42 Å². The average Bonchev–Trinajstić information content (AvgIpc) is 2.00. The van der Waals surface area contributed by atoms with Crippen LogP contribution in [0.1, 0.15) is 20.3 Å². The van der Waals surface area contributed by atoms with Gasteiger partial charge in [-0.1, -0.05) is 13.8 Å². The van der Waals surface area contributed by atoms with Gasteiger partial charge in [0.25, 0.3) is 0 Å². The van der Waals surface area contributed by atoms with Crippen LogP contribution >= 0.6 is 7.60 Å². The number of rotatable bonds is 5. The van der Waals surface area contributed by atoms with Crippen molar-refractivity contribution in [3.63, 3.8) is 0 Å². The minimum atomic E-state index is -4.04. The number of esters is 1. The Morgan fingerprint density at radius 2 is 2.08 bits per heavy atom. The first-order valence-corrected chi connectivity index (χ1v) is 5.87. The number of hydrogen-bond acceptors (Lipinski definition) is 3. The smallest absolute Gasteiger partial charge is 0.328 e. The minimum absolute atomic E-state index is 0.211. The maximum Gasteiger partial charge on any atom is 0.328 e. The number of carbonyl (C=O) groups excluding carboxylic acids is 1. The molecule has 0 aliphatic heterocycles. The van der Waals surface area contributed by atoms with Gasteiger partial charge in [0.2, 0.25) is 0 Å². The lowest BCUT2D eigenvalue weighted by molar-refractivity contribution is -0.147. The highest BCUT2D eigenvalue weighted by Gasteiger charge is 2.16. The second kappa shape index (κ2) is 5.37. The highest BCUT2D eigenvalue weighted by molar-refractivity contribution is 7.51. The van der Waals surface area contributed by atoms with Crippen molar-refractivity contribution in [3.8, 4) is 0 Å². The Hall–Kier alpha value is -0.380. The van der Waals surface area contributed by atoms with Crippen molar-refractivity contribution in [3.05, 3.63) is 0 Å². The van der Waals surface area contributed by atoms with Crippen LogP contribution in [0.5, 0.6) is 0 Å². The molecule has 0 spiro atoms. The number of hydrogen-bond donors (Lipinski definition) is 2. The Morgan fingerprint density at radius 1 is 1.54 bits per heavy atom. The summed E-state index contributed by atoms with van der Waals surface area (Å²) in [6.07, 6.45) is 0.254. The molecule has 5 nitrogen and oxygen atoms in total. The van der Waals surface area contributed by atoms with E-state index >= 15 is 0 Å². The number of ether oxygens (including phenoxy) is 1. The van der Waals surface area contributed by atoms with E-state index < -0.39 is 19.7 Å². The molecule has 0 rings (SSSR count). The van der Waals surface area contributed by atoms with E-state index in [2.05, 4.69) is 4.74 Å². The molecule has 0 saturated carbocycles. The molecule has 0 heterocycles. The van der Waals surface area contributed by atoms with E-state index in [1.165, 1.54) is 0 Å². The molecule has 6 heteroatoms. The van der Waals surface area contributed by atoms with Crippen molar-refractivity contribution in [2.75, 3.05) is 12.8 Å². The van der Waals surface area contributed by atoms with Gasteiger partial charge in [0.15, 0.2) is 0 Å². The second-order valence-corrected chi connectivity index (χ2v) is 4.64. The zero-order valence-corrected chi connectivity index (χ0v) is 8.66. The summed E-state index contributed by atoms with van der Waals surface area (Å²) in [6.45, 7) is 3.34. The van der Waals surface area contributed by atoms with Gasteiger partial charge in [-0.3, -0.25) is 9.36 Å². The quantitative estimate of drug-likeness (QED) is 0.516. The molecule has 0 aromatic rings. The fraction of sp³-hybridized carbons (Fsp3) is 0.857. The van der Waals surface area contributed by atoms with Crippen molar-refractivity contribution in [1.82, 2.24) is 0 Å². The van der Waals surface area contributed by atoms with Crippen LogP contribution in [0.4, 0.5) is 0 Å². The highest BCUT2D eigenvalue weighted by atomic mass is 31.2. The Labute approximate surface area is 77.3 Å². The minimum Gasteiger partial charge on any atom is -0.465 e. The van der Waals surface area contributed by atoms with Gasteiger partial charge in [0.05, 0.1) is 12.1 Å². The van der Waals surface area contributed by atoms with Crippen LogP contribution in [0.25, 0.3) is 0 Å². The molecule has 0 radical (unpaired) electrons. The second-order valence-electron chi connectivity index (χ2n) is 2.87. The zero-order chi connectivity index (χ0) is 10.5. The van der Waals surface area contributed by atoms with Crippen molar-refractivity contribution in [1.29, 1.82) is 0 Å². The summed E-state index contributed by atoms with van der Waals surface area (Å²) in [7, 11) is -4.04. The standard InChI is InChI=1S/C7H15O5P/c1-3-6(2)7(8)12-4-5-13(9,10)11/h6H,3-5H2,1-2H3,(H2,9,10,11). The van der Waals surface area contributed by atoms with Gasteiger partial charge in [0, 0.05) is 0 Å². The van der Waals surface area contributed by atoms with E-state index in [0.717, 1.165) is 0 Å². The fourth-order valence-corrected chi connectivity index (χ4v) is 0.903. The van der Waals surface area contributed by atoms with Crippen LogP contribution in [-0.4, -0.2) is 28.5 Å². The Kier molecular flexibility index (Phi) is 5.21. The van der Waals surface area contributed by atoms with E-state index in [1.54, 1.807) is 6.92 Å². The molecular weight excluding hydrogens is 195 g/mol. The van der Waals surface area contributed by atoms with E-state index in [0.29, 0.717) is 6.42 Å². The topological polar surface area (TPSA) is 83.8 Å². The molecule has 78 valence electrons. The molecule has 0 saturated heterocycles. The third-order valence-electron chi connectivity index (χ3n) is 1.64. The Balaban J connectivity index is 3.66. The van der Waals surface area contributed by atoms with Crippen LogP contribution in [-0.2, 0) is 14.1 Å². The molecule has 0 aliphatic rings. The summed E-state index contributed by atoms with van der Waals surface area (Å²) in [5, 5.41) is 0. The van der Waals surface area contributed by atoms with Crippen LogP contribution in [0.3, 0.4) is 0 Å². The lowest BCUT2D eigenvalue weighted by Crippen LogP contribution is -2.16. The van der Waals surface area contributed by atoms with Gasteiger partial charge < -0.3 is 14.5 Å². The summed E-state index contributed by atoms with van der Waals surface area (Å²) in [5.74, 6) is -0.618. The maximum atomic E-state index is 11.0. The van der Waals surface area contributed by atoms with Crippen LogP contribution < -0.4 is 0 Å². The molecule has 0 fully saturated rings. The lowest BCUT2D eigenvalue weighted by Gasteiger charge is -2.09. The largest absolute Gasteiger partial charge is 0.465 e. The summed E-state index contributed by atoms with van der Waals surface area (Å²) in [5.41, 5.74) is 0. The predicted octanol–water partition coefficient (Wildman–Crippen LogP) is 0.753. The van der Waals surface area contributed by atoms with Gasteiger partial charge in [0.1, 0.15) is 6.61 Å². The van der Waals surface area contributed by atoms with Gasteiger partial charge in [-0.2, -0.15) is 0 Å². The van der Waals surface area contributed by atoms with Crippen molar-refractivity contribution in [2.45, 2.75) is 20.3 Å². The van der Waals surface area contributed by atoms with Crippen molar-refractivity contribution >= 4 is 13.6 Å². The fourth-order valence-electron chi connectivity index (χ4n) is 0.574. The third kappa shape index (κ3) is 6.75. The molecule has 0 amide bonds. The molecule has 0 aromatic heterocycles. The Bertz CT molecular complexity index is 209. The van der Waals surface area contributed by atoms with Gasteiger partial charge in [-0.15, -0.1) is 0 Å². The van der Waals surface area contributed by atoms with Crippen LogP contribution in [0, 0.1) is 5.92 Å². The van der Waals surface area contributed by atoms with Gasteiger partial charge in [-0.25, -0.2) is 0 Å². The Morgan fingerprint density at radius 3 is 2.46 bits per heavy atom. The first kappa shape index (κ1) is 12.6. The molecule has 1 atom stereocenters. The predicted molar refractivity (Wildman–Crippen MR) is 47.3 cm³/mol. The summed E-state index contributed by atoms with van der Waals surface area (Å²) < 4.78 is 15.0. The summed E-state index contributed by atoms with van der Waals surface area (Å²) in [4.78, 5) is 27.9. The van der Waals surface area contributed by atoms with Gasteiger partial charge >= 0.3 is 13.6 Å². The summed E-state index contributed by atoms with van der Waals surface area (Å²) >= 11 is 0. The number of carbonyl (C=O) groups is 1. The molecule has 1 unspecified atom stereocenters. The van der Waals surface area contributed by atoms with E-state index in [1.807, 2.05) is 6.92 Å². The molecule has 0 aliphatic carbocycles. The highest BCUT2D eigenvalue weighted by Crippen LogP contribution is 2.33. The molecular formula is C7H15O5P. The average molecular weight is 210 g/mol. The lowest BCUT2D eigenvalue weighted by atomic mass is 10.1. The van der Waals surface area contributed by atoms with Crippen molar-refractivity contribution in [2.24, 2.45) is 5.92 Å². The van der Waals surface area contributed by atoms with E-state index in [9.17, 15) is 9.36 Å². The molecule has 13 heavy (non-hydrogen) atoms. The monoisotopic (exact) mass is 210 g/mol. The van der Waals surface area contributed by atoms with Crippen molar-refractivity contribution < 1.29 is 23.9 Å². The van der Waals surface area contributed by atoms with Crippen LogP contribution in [0.2, 0.25) is 0 Å². The third-order valence-corrected chi connectivity index (χ3v) is 2.41. The molecule has 2 N–H and O–H groups in total. The first-order valence-electron chi connectivity index (χ1n) is 4.08. The first-order chi connectivity index (χ1) is 5.87. The van der Waals surface area contributed by atoms with Crippen LogP contribution in [0.15, 0.2) is 0 Å². The SMILES string of the molecule is CCC(C)C(=O)OCCP(=O)(O)O.